The first kappa shape index (κ1) is 16.4. The van der Waals surface area contributed by atoms with Crippen LogP contribution in [0.25, 0.3) is 22.2 Å². The van der Waals surface area contributed by atoms with Crippen LogP contribution in [0, 0.1) is 5.82 Å². The van der Waals surface area contributed by atoms with Gasteiger partial charge in [0.15, 0.2) is 0 Å². The van der Waals surface area contributed by atoms with Gasteiger partial charge >= 0.3 is 0 Å². The van der Waals surface area contributed by atoms with E-state index in [1.807, 2.05) is 0 Å². The lowest BCUT2D eigenvalue weighted by molar-refractivity contribution is -0.108. The molecule has 0 aliphatic carbocycles. The summed E-state index contributed by atoms with van der Waals surface area (Å²) < 4.78 is 16.2. The van der Waals surface area contributed by atoms with Crippen LogP contribution < -0.4 is 5.56 Å². The molecule has 0 bridgehead atoms. The average Bonchev–Trinajstić information content (AvgIpc) is 2.93. The SMILES string of the molecule is O=CCn1cnc2c(c(-c3ccc(F)c(Cl)c3)cn2CCO)c1=O. The van der Waals surface area contributed by atoms with Crippen molar-refractivity contribution in [2.75, 3.05) is 6.61 Å². The Labute approximate surface area is 140 Å². The van der Waals surface area contributed by atoms with Gasteiger partial charge in [0.2, 0.25) is 0 Å². The molecule has 2 aromatic heterocycles. The van der Waals surface area contributed by atoms with Crippen LogP contribution in [0.15, 0.2) is 35.5 Å². The van der Waals surface area contributed by atoms with Crippen LogP contribution in [-0.2, 0) is 17.9 Å². The second kappa shape index (κ2) is 6.54. The third kappa shape index (κ3) is 2.72. The van der Waals surface area contributed by atoms with E-state index in [2.05, 4.69) is 4.98 Å². The molecule has 0 atom stereocenters. The molecule has 6 nitrogen and oxygen atoms in total. The van der Waals surface area contributed by atoms with Gasteiger partial charge in [0, 0.05) is 18.3 Å². The van der Waals surface area contributed by atoms with Crippen LogP contribution in [0.3, 0.4) is 0 Å². The number of rotatable bonds is 5. The Morgan fingerprint density at radius 1 is 1.33 bits per heavy atom. The molecule has 0 fully saturated rings. The van der Waals surface area contributed by atoms with E-state index in [9.17, 15) is 19.1 Å². The number of aliphatic hydroxyl groups excluding tert-OH is 1. The van der Waals surface area contributed by atoms with Crippen molar-refractivity contribution in [3.63, 3.8) is 0 Å². The summed E-state index contributed by atoms with van der Waals surface area (Å²) >= 11 is 5.84. The maximum Gasteiger partial charge on any atom is 0.263 e. The summed E-state index contributed by atoms with van der Waals surface area (Å²) in [6.07, 6.45) is 3.55. The minimum Gasteiger partial charge on any atom is -0.395 e. The van der Waals surface area contributed by atoms with Crippen molar-refractivity contribution in [2.45, 2.75) is 13.1 Å². The highest BCUT2D eigenvalue weighted by atomic mass is 35.5. The van der Waals surface area contributed by atoms with Crippen LogP contribution >= 0.6 is 11.6 Å². The van der Waals surface area contributed by atoms with Crippen molar-refractivity contribution in [1.82, 2.24) is 14.1 Å². The van der Waals surface area contributed by atoms with E-state index in [1.54, 1.807) is 10.8 Å². The zero-order valence-electron chi connectivity index (χ0n) is 12.4. The largest absolute Gasteiger partial charge is 0.395 e. The molecule has 0 radical (unpaired) electrons. The predicted molar refractivity (Wildman–Crippen MR) is 87.5 cm³/mol. The van der Waals surface area contributed by atoms with Gasteiger partial charge in [0.1, 0.15) is 24.1 Å². The van der Waals surface area contributed by atoms with Gasteiger partial charge in [0.05, 0.1) is 23.6 Å². The molecule has 1 aromatic carbocycles. The van der Waals surface area contributed by atoms with Crippen LogP contribution in [-0.4, -0.2) is 32.1 Å². The molecule has 0 amide bonds. The molecular weight excluding hydrogens is 337 g/mol. The number of fused-ring (bicyclic) bond motifs is 1. The van der Waals surface area contributed by atoms with Gasteiger partial charge in [-0.2, -0.15) is 0 Å². The lowest BCUT2D eigenvalue weighted by Gasteiger charge is -2.04. The number of nitrogens with zero attached hydrogens (tertiary/aromatic N) is 3. The average molecular weight is 350 g/mol. The summed E-state index contributed by atoms with van der Waals surface area (Å²) in [5.74, 6) is -0.559. The van der Waals surface area contributed by atoms with Crippen molar-refractivity contribution in [1.29, 1.82) is 0 Å². The van der Waals surface area contributed by atoms with Crippen LogP contribution in [0.2, 0.25) is 5.02 Å². The fraction of sp³-hybridized carbons (Fsp3) is 0.188. The lowest BCUT2D eigenvalue weighted by Crippen LogP contribution is -2.21. The first-order valence-electron chi connectivity index (χ1n) is 7.15. The second-order valence-corrected chi connectivity index (χ2v) is 5.56. The molecule has 0 spiro atoms. The summed E-state index contributed by atoms with van der Waals surface area (Å²) in [6, 6.07) is 4.15. The number of halogens is 2. The minimum absolute atomic E-state index is 0.0623. The number of carbonyl (C=O) groups is 1. The van der Waals surface area contributed by atoms with Gasteiger partial charge in [-0.15, -0.1) is 0 Å². The second-order valence-electron chi connectivity index (χ2n) is 5.16. The number of hydrogen-bond donors (Lipinski definition) is 1. The Hall–Kier alpha value is -2.51. The van der Waals surface area contributed by atoms with Gasteiger partial charge in [0.25, 0.3) is 5.56 Å². The molecule has 3 rings (SSSR count). The van der Waals surface area contributed by atoms with E-state index < -0.39 is 5.82 Å². The van der Waals surface area contributed by atoms with E-state index in [1.165, 1.54) is 29.1 Å². The van der Waals surface area contributed by atoms with Crippen molar-refractivity contribution in [3.05, 3.63) is 51.9 Å². The van der Waals surface area contributed by atoms with Crippen molar-refractivity contribution >= 4 is 28.9 Å². The van der Waals surface area contributed by atoms with Crippen molar-refractivity contribution in [2.24, 2.45) is 0 Å². The minimum atomic E-state index is -0.559. The number of hydrogen-bond acceptors (Lipinski definition) is 4. The maximum atomic E-state index is 13.4. The monoisotopic (exact) mass is 349 g/mol. The normalized spacial score (nSPS) is 11.1. The summed E-state index contributed by atoms with van der Waals surface area (Å²) in [5, 5.41) is 9.42. The predicted octanol–water partition coefficient (Wildman–Crippen LogP) is 1.85. The first-order valence-corrected chi connectivity index (χ1v) is 7.52. The molecule has 0 saturated heterocycles. The highest BCUT2D eigenvalue weighted by Gasteiger charge is 2.17. The molecule has 0 unspecified atom stereocenters. The van der Waals surface area contributed by atoms with Gasteiger partial charge in [-0.25, -0.2) is 9.37 Å². The van der Waals surface area contributed by atoms with E-state index in [4.69, 9.17) is 11.6 Å². The van der Waals surface area contributed by atoms with Crippen molar-refractivity contribution < 1.29 is 14.3 Å². The standard InChI is InChI=1S/C16H13ClFN3O3/c17-12-7-10(1-2-13(12)18)11-8-20(3-5-22)15-14(11)16(24)21(4-6-23)9-19-15/h1-2,6-9,22H,3-5H2. The quantitative estimate of drug-likeness (QED) is 0.713. The molecule has 24 heavy (non-hydrogen) atoms. The van der Waals surface area contributed by atoms with Gasteiger partial charge in [-0.1, -0.05) is 17.7 Å². The fourth-order valence-electron chi connectivity index (χ4n) is 2.59. The molecule has 0 aliphatic rings. The molecule has 3 aromatic rings. The highest BCUT2D eigenvalue weighted by Crippen LogP contribution is 2.30. The molecule has 8 heteroatoms. The summed E-state index contributed by atoms with van der Waals surface area (Å²) in [6.45, 7) is -0.00136. The Morgan fingerprint density at radius 2 is 2.12 bits per heavy atom. The number of aromatic nitrogens is 3. The summed E-state index contributed by atoms with van der Waals surface area (Å²) in [5.41, 5.74) is 1.05. The van der Waals surface area contributed by atoms with Crippen LogP contribution in [0.4, 0.5) is 4.39 Å². The van der Waals surface area contributed by atoms with Gasteiger partial charge in [-0.05, 0) is 17.7 Å². The highest BCUT2D eigenvalue weighted by molar-refractivity contribution is 6.31. The summed E-state index contributed by atoms with van der Waals surface area (Å²) in [4.78, 5) is 27.6. The maximum absolute atomic E-state index is 13.4. The first-order chi connectivity index (χ1) is 11.6. The third-order valence-corrected chi connectivity index (χ3v) is 3.98. The Balaban J connectivity index is 2.32. The molecule has 124 valence electrons. The zero-order valence-corrected chi connectivity index (χ0v) is 13.2. The van der Waals surface area contributed by atoms with Gasteiger partial charge in [-0.3, -0.25) is 9.36 Å². The van der Waals surface area contributed by atoms with Crippen molar-refractivity contribution in [3.8, 4) is 11.1 Å². The molecule has 0 aliphatic heterocycles. The zero-order chi connectivity index (χ0) is 17.3. The summed E-state index contributed by atoms with van der Waals surface area (Å²) in [7, 11) is 0. The number of aldehydes is 1. The smallest absolute Gasteiger partial charge is 0.263 e. The van der Waals surface area contributed by atoms with E-state index in [0.29, 0.717) is 23.1 Å². The Kier molecular flexibility index (Phi) is 4.46. The molecule has 1 N–H and O–H groups in total. The number of aliphatic hydroxyl groups is 1. The van der Waals surface area contributed by atoms with Gasteiger partial charge < -0.3 is 14.5 Å². The fourth-order valence-corrected chi connectivity index (χ4v) is 2.77. The van der Waals surface area contributed by atoms with Crippen LogP contribution in [0.5, 0.6) is 0 Å². The molecular formula is C16H13ClFN3O3. The van der Waals surface area contributed by atoms with E-state index in [-0.39, 0.29) is 35.7 Å². The third-order valence-electron chi connectivity index (χ3n) is 3.69. The van der Waals surface area contributed by atoms with Crippen LogP contribution in [0.1, 0.15) is 0 Å². The van der Waals surface area contributed by atoms with E-state index in [0.717, 1.165) is 0 Å². The Morgan fingerprint density at radius 3 is 2.79 bits per heavy atom. The Bertz CT molecular complexity index is 981. The lowest BCUT2D eigenvalue weighted by atomic mass is 10.1. The number of carbonyl (C=O) groups excluding carboxylic acids is 1. The molecule has 0 saturated carbocycles. The van der Waals surface area contributed by atoms with E-state index >= 15 is 0 Å². The topological polar surface area (TPSA) is 77.1 Å². The number of benzene rings is 1. The molecule has 2 heterocycles.